The molecule has 86 valence electrons. The number of ether oxygens (including phenoxy) is 1. The van der Waals surface area contributed by atoms with Crippen LogP contribution in [-0.4, -0.2) is 34.3 Å². The number of esters is 1. The van der Waals surface area contributed by atoms with E-state index in [0.717, 1.165) is 0 Å². The summed E-state index contributed by atoms with van der Waals surface area (Å²) in [6, 6.07) is 0. The maximum atomic E-state index is 11.2. The summed E-state index contributed by atoms with van der Waals surface area (Å²) in [6.45, 7) is 1.98. The topological polar surface area (TPSA) is 81.2 Å². The number of halogens is 1. The molecule has 0 spiro atoms. The van der Waals surface area contributed by atoms with Crippen molar-refractivity contribution in [2.45, 2.75) is 6.92 Å². The van der Waals surface area contributed by atoms with Gasteiger partial charge in [0.05, 0.1) is 12.2 Å². The Labute approximate surface area is 97.0 Å². The SMILES string of the molecule is CCOC(=O)c1cnc(NC(=O)CCl)nc1. The second-order valence-corrected chi connectivity index (χ2v) is 2.96. The number of nitrogens with zero attached hydrogens (tertiary/aromatic N) is 2. The normalized spacial score (nSPS) is 9.62. The van der Waals surface area contributed by atoms with Crippen molar-refractivity contribution in [1.82, 2.24) is 9.97 Å². The summed E-state index contributed by atoms with van der Waals surface area (Å²) in [5.74, 6) is -0.995. The van der Waals surface area contributed by atoms with Crippen LogP contribution in [0.15, 0.2) is 12.4 Å². The highest BCUT2D eigenvalue weighted by Crippen LogP contribution is 2.02. The lowest BCUT2D eigenvalue weighted by Gasteiger charge is -2.02. The molecule has 16 heavy (non-hydrogen) atoms. The summed E-state index contributed by atoms with van der Waals surface area (Å²) in [4.78, 5) is 29.6. The third-order valence-electron chi connectivity index (χ3n) is 1.54. The van der Waals surface area contributed by atoms with Crippen LogP contribution in [0.25, 0.3) is 0 Å². The van der Waals surface area contributed by atoms with Gasteiger partial charge in [0.25, 0.3) is 0 Å². The first kappa shape index (κ1) is 12.4. The molecule has 0 aliphatic rings. The van der Waals surface area contributed by atoms with E-state index in [4.69, 9.17) is 16.3 Å². The van der Waals surface area contributed by atoms with Crippen LogP contribution in [0.3, 0.4) is 0 Å². The van der Waals surface area contributed by atoms with E-state index >= 15 is 0 Å². The molecule has 0 aromatic carbocycles. The number of anilines is 1. The Morgan fingerprint density at radius 3 is 2.56 bits per heavy atom. The number of carbonyl (C=O) groups excluding carboxylic acids is 2. The summed E-state index contributed by atoms with van der Waals surface area (Å²) in [6.07, 6.45) is 2.55. The number of rotatable bonds is 4. The molecule has 0 unspecified atom stereocenters. The van der Waals surface area contributed by atoms with Gasteiger partial charge in [0, 0.05) is 12.4 Å². The van der Waals surface area contributed by atoms with Gasteiger partial charge in [-0.2, -0.15) is 0 Å². The molecule has 0 aliphatic heterocycles. The number of amides is 1. The lowest BCUT2D eigenvalue weighted by atomic mass is 10.3. The molecule has 0 atom stereocenters. The van der Waals surface area contributed by atoms with Crippen molar-refractivity contribution in [3.8, 4) is 0 Å². The van der Waals surface area contributed by atoms with Crippen LogP contribution in [0, 0.1) is 0 Å². The Kier molecular flexibility index (Phi) is 4.65. The van der Waals surface area contributed by atoms with E-state index in [0.29, 0.717) is 0 Å². The predicted octanol–water partition coefficient (Wildman–Crippen LogP) is 0.831. The number of hydrogen-bond acceptors (Lipinski definition) is 5. The van der Waals surface area contributed by atoms with E-state index in [-0.39, 0.29) is 24.0 Å². The monoisotopic (exact) mass is 243 g/mol. The minimum Gasteiger partial charge on any atom is -0.462 e. The number of aromatic nitrogens is 2. The highest BCUT2D eigenvalue weighted by molar-refractivity contribution is 6.28. The van der Waals surface area contributed by atoms with Gasteiger partial charge in [-0.15, -0.1) is 11.6 Å². The van der Waals surface area contributed by atoms with Gasteiger partial charge in [-0.25, -0.2) is 14.8 Å². The molecule has 6 nitrogen and oxygen atoms in total. The minimum absolute atomic E-state index is 0.0960. The Morgan fingerprint density at radius 1 is 1.44 bits per heavy atom. The number of alkyl halides is 1. The van der Waals surface area contributed by atoms with Crippen molar-refractivity contribution in [3.63, 3.8) is 0 Å². The molecule has 1 rings (SSSR count). The number of carbonyl (C=O) groups is 2. The number of hydrogen-bond donors (Lipinski definition) is 1. The second kappa shape index (κ2) is 6.02. The maximum Gasteiger partial charge on any atom is 0.341 e. The van der Waals surface area contributed by atoms with Gasteiger partial charge in [0.2, 0.25) is 11.9 Å². The van der Waals surface area contributed by atoms with Gasteiger partial charge in [-0.3, -0.25) is 10.1 Å². The van der Waals surface area contributed by atoms with Crippen molar-refractivity contribution in [2.24, 2.45) is 0 Å². The molecule has 1 amide bonds. The zero-order valence-corrected chi connectivity index (χ0v) is 9.32. The standard InChI is InChI=1S/C9H10ClN3O3/c1-2-16-8(15)6-4-11-9(12-5-6)13-7(14)3-10/h4-5H,2-3H2,1H3,(H,11,12,13,14). The Balaban J connectivity index is 2.67. The van der Waals surface area contributed by atoms with E-state index in [1.807, 2.05) is 0 Å². The second-order valence-electron chi connectivity index (χ2n) is 2.70. The molecule has 1 heterocycles. The Hall–Kier alpha value is -1.69. The molecule has 1 aromatic heterocycles. The fourth-order valence-corrected chi connectivity index (χ4v) is 0.937. The third kappa shape index (κ3) is 3.47. The van der Waals surface area contributed by atoms with Crippen LogP contribution >= 0.6 is 11.6 Å². The maximum absolute atomic E-state index is 11.2. The fraction of sp³-hybridized carbons (Fsp3) is 0.333. The van der Waals surface area contributed by atoms with Crippen molar-refractivity contribution in [1.29, 1.82) is 0 Å². The fourth-order valence-electron chi connectivity index (χ4n) is 0.871. The van der Waals surface area contributed by atoms with Gasteiger partial charge in [-0.05, 0) is 6.92 Å². The van der Waals surface area contributed by atoms with Gasteiger partial charge < -0.3 is 4.74 Å². The largest absolute Gasteiger partial charge is 0.462 e. The Morgan fingerprint density at radius 2 is 2.06 bits per heavy atom. The average molecular weight is 244 g/mol. The molecule has 1 N–H and O–H groups in total. The quantitative estimate of drug-likeness (QED) is 0.626. The summed E-state index contributed by atoms with van der Waals surface area (Å²) >= 11 is 5.28. The summed E-state index contributed by atoms with van der Waals surface area (Å²) in [7, 11) is 0. The van der Waals surface area contributed by atoms with Crippen LogP contribution < -0.4 is 5.32 Å². The molecule has 0 aliphatic carbocycles. The molecule has 0 fully saturated rings. The molecule has 0 radical (unpaired) electrons. The number of nitrogens with one attached hydrogen (secondary N) is 1. The zero-order valence-electron chi connectivity index (χ0n) is 8.57. The van der Waals surface area contributed by atoms with Crippen LogP contribution in [0.2, 0.25) is 0 Å². The van der Waals surface area contributed by atoms with Gasteiger partial charge >= 0.3 is 5.97 Å². The van der Waals surface area contributed by atoms with Crippen LogP contribution in [0.5, 0.6) is 0 Å². The lowest BCUT2D eigenvalue weighted by molar-refractivity contribution is -0.114. The van der Waals surface area contributed by atoms with Crippen molar-refractivity contribution >= 4 is 29.4 Å². The Bertz CT molecular complexity index is 380. The summed E-state index contributed by atoms with van der Waals surface area (Å²) < 4.78 is 4.74. The van der Waals surface area contributed by atoms with E-state index in [1.54, 1.807) is 6.92 Å². The average Bonchev–Trinajstić information content (AvgIpc) is 2.30. The van der Waals surface area contributed by atoms with Crippen molar-refractivity contribution in [3.05, 3.63) is 18.0 Å². The first-order valence-electron chi connectivity index (χ1n) is 4.52. The molecule has 7 heteroatoms. The van der Waals surface area contributed by atoms with Crippen molar-refractivity contribution < 1.29 is 14.3 Å². The van der Waals surface area contributed by atoms with Crippen molar-refractivity contribution in [2.75, 3.05) is 17.8 Å². The minimum atomic E-state index is -0.502. The molecule has 0 saturated heterocycles. The van der Waals surface area contributed by atoms with Crippen LogP contribution in [0.4, 0.5) is 5.95 Å². The third-order valence-corrected chi connectivity index (χ3v) is 1.78. The first-order chi connectivity index (χ1) is 7.67. The van der Waals surface area contributed by atoms with E-state index in [2.05, 4.69) is 15.3 Å². The van der Waals surface area contributed by atoms with E-state index < -0.39 is 11.9 Å². The predicted molar refractivity (Wildman–Crippen MR) is 57.3 cm³/mol. The van der Waals surface area contributed by atoms with Gasteiger partial charge in [0.15, 0.2) is 0 Å². The van der Waals surface area contributed by atoms with E-state index in [9.17, 15) is 9.59 Å². The molecule has 0 bridgehead atoms. The van der Waals surface area contributed by atoms with Crippen LogP contribution in [-0.2, 0) is 9.53 Å². The molecule has 1 aromatic rings. The highest BCUT2D eigenvalue weighted by atomic mass is 35.5. The molecular weight excluding hydrogens is 234 g/mol. The first-order valence-corrected chi connectivity index (χ1v) is 5.05. The summed E-state index contributed by atoms with van der Waals surface area (Å²) in [5.41, 5.74) is 0.228. The molecule has 0 saturated carbocycles. The smallest absolute Gasteiger partial charge is 0.341 e. The lowest BCUT2D eigenvalue weighted by Crippen LogP contribution is -2.15. The summed E-state index contributed by atoms with van der Waals surface area (Å²) in [5, 5.41) is 2.34. The highest BCUT2D eigenvalue weighted by Gasteiger charge is 2.08. The molecular formula is C9H10ClN3O3. The zero-order chi connectivity index (χ0) is 12.0. The van der Waals surface area contributed by atoms with Crippen LogP contribution in [0.1, 0.15) is 17.3 Å². The van der Waals surface area contributed by atoms with Gasteiger partial charge in [-0.1, -0.05) is 0 Å². The van der Waals surface area contributed by atoms with Gasteiger partial charge in [0.1, 0.15) is 5.88 Å². The van der Waals surface area contributed by atoms with E-state index in [1.165, 1.54) is 12.4 Å².